The maximum absolute atomic E-state index is 4.12. The molecule has 0 saturated heterocycles. The van der Waals surface area contributed by atoms with Crippen molar-refractivity contribution in [3.63, 3.8) is 0 Å². The highest BCUT2D eigenvalue weighted by Crippen LogP contribution is 2.20. The number of quaternary nitrogens is 1. The summed E-state index contributed by atoms with van der Waals surface area (Å²) >= 11 is 0. The summed E-state index contributed by atoms with van der Waals surface area (Å²) in [6, 6.07) is 11.4. The molecule has 1 atom stereocenters. The first-order valence-corrected chi connectivity index (χ1v) is 11.1. The van der Waals surface area contributed by atoms with Gasteiger partial charge in [-0.1, -0.05) is 108 Å². The molecule has 0 heterocycles. The van der Waals surface area contributed by atoms with Crippen LogP contribution in [0.3, 0.4) is 0 Å². The van der Waals surface area contributed by atoms with Crippen LogP contribution in [0, 0.1) is 0 Å². The molecule has 0 aliphatic rings. The molecule has 0 aromatic heterocycles. The Bertz CT molecular complexity index is 455. The van der Waals surface area contributed by atoms with Crippen molar-refractivity contribution in [2.24, 2.45) is 0 Å². The second-order valence-electron chi connectivity index (χ2n) is 8.55. The minimum Gasteiger partial charge on any atom is -1.00 e. The molecule has 1 rings (SSSR count). The molecular weight excluding hydrogens is 394 g/mol. The lowest BCUT2D eigenvalue weighted by Gasteiger charge is -2.37. The highest BCUT2D eigenvalue weighted by Gasteiger charge is 2.25. The smallest absolute Gasteiger partial charge is 0.107 e. The second-order valence-corrected chi connectivity index (χ2v) is 8.55. The van der Waals surface area contributed by atoms with Gasteiger partial charge in [0.1, 0.15) is 12.6 Å². The van der Waals surface area contributed by atoms with E-state index < -0.39 is 0 Å². The molecule has 0 spiro atoms. The number of rotatable bonds is 16. The molecule has 156 valence electrons. The average Bonchev–Trinajstić information content (AvgIpc) is 2.63. The zero-order valence-electron chi connectivity index (χ0n) is 18.3. The fourth-order valence-corrected chi connectivity index (χ4v) is 3.94. The number of hydrogen-bond acceptors (Lipinski definition) is 0. The molecule has 1 aromatic rings. The predicted molar refractivity (Wildman–Crippen MR) is 117 cm³/mol. The van der Waals surface area contributed by atoms with E-state index in [4.69, 9.17) is 0 Å². The molecule has 0 N–H and O–H groups in total. The second kappa shape index (κ2) is 16.4. The van der Waals surface area contributed by atoms with Gasteiger partial charge >= 0.3 is 0 Å². The molecular formula is C25H44BrN. The van der Waals surface area contributed by atoms with Crippen molar-refractivity contribution in [1.29, 1.82) is 0 Å². The number of likely N-dealkylation sites (N-methyl/N-ethyl adjacent to an activating group) is 1. The third-order valence-corrected chi connectivity index (χ3v) is 5.71. The van der Waals surface area contributed by atoms with E-state index in [0.717, 1.165) is 11.0 Å². The van der Waals surface area contributed by atoms with Crippen molar-refractivity contribution in [3.8, 4) is 0 Å². The molecule has 0 aliphatic heterocycles. The zero-order valence-corrected chi connectivity index (χ0v) is 19.9. The summed E-state index contributed by atoms with van der Waals surface area (Å²) in [7, 11) is 4.69. The molecule has 0 bridgehead atoms. The topological polar surface area (TPSA) is 0 Å². The minimum absolute atomic E-state index is 0. The normalized spacial score (nSPS) is 12.4. The maximum atomic E-state index is 4.12. The van der Waals surface area contributed by atoms with Gasteiger partial charge in [-0.25, -0.2) is 0 Å². The largest absolute Gasteiger partial charge is 1.00 e. The van der Waals surface area contributed by atoms with Crippen molar-refractivity contribution in [1.82, 2.24) is 0 Å². The van der Waals surface area contributed by atoms with Gasteiger partial charge in [-0.3, -0.25) is 0 Å². The Hall–Kier alpha value is -0.600. The lowest BCUT2D eigenvalue weighted by atomic mass is 10.0. The highest BCUT2D eigenvalue weighted by molar-refractivity contribution is 5.13. The van der Waals surface area contributed by atoms with Gasteiger partial charge in [-0.2, -0.15) is 0 Å². The van der Waals surface area contributed by atoms with Crippen LogP contribution in [0.4, 0.5) is 0 Å². The fourth-order valence-electron chi connectivity index (χ4n) is 3.94. The van der Waals surface area contributed by atoms with Crippen LogP contribution in [0.2, 0.25) is 0 Å². The van der Waals surface area contributed by atoms with Crippen molar-refractivity contribution in [2.75, 3.05) is 14.1 Å². The minimum atomic E-state index is 0. The van der Waals surface area contributed by atoms with E-state index in [-0.39, 0.29) is 17.0 Å². The van der Waals surface area contributed by atoms with Crippen LogP contribution < -0.4 is 17.0 Å². The molecule has 1 unspecified atom stereocenters. The van der Waals surface area contributed by atoms with E-state index in [9.17, 15) is 0 Å². The van der Waals surface area contributed by atoms with Crippen molar-refractivity contribution >= 4 is 0 Å². The molecule has 27 heavy (non-hydrogen) atoms. The fraction of sp³-hybridized carbons (Fsp3) is 0.680. The molecule has 0 aliphatic carbocycles. The first kappa shape index (κ1) is 26.4. The number of benzene rings is 1. The molecule has 0 fully saturated rings. The van der Waals surface area contributed by atoms with Gasteiger partial charge in [-0.15, -0.1) is 0 Å². The Kier molecular flexibility index (Phi) is 16.0. The van der Waals surface area contributed by atoms with Crippen LogP contribution in [0.15, 0.2) is 43.0 Å². The summed E-state index contributed by atoms with van der Waals surface area (Å²) in [6.07, 6.45) is 19.0. The molecule has 0 radical (unpaired) electrons. The summed E-state index contributed by atoms with van der Waals surface area (Å²) in [5.41, 5.74) is 1.42. The van der Waals surface area contributed by atoms with Gasteiger partial charge in [-0.05, 0) is 12.5 Å². The number of halogens is 1. The summed E-state index contributed by atoms with van der Waals surface area (Å²) in [5.74, 6) is 0. The van der Waals surface area contributed by atoms with Gasteiger partial charge in [0.25, 0.3) is 0 Å². The third kappa shape index (κ3) is 12.5. The van der Waals surface area contributed by atoms with Gasteiger partial charge in [0.2, 0.25) is 0 Å². The van der Waals surface area contributed by atoms with E-state index in [1.807, 2.05) is 0 Å². The Labute approximate surface area is 180 Å². The SMILES string of the molecule is C=CC(CCCCCCCCCCCCC)[N+](C)(C)Cc1ccccc1.[Br-]. The van der Waals surface area contributed by atoms with Gasteiger partial charge in [0.05, 0.1) is 14.1 Å². The zero-order chi connectivity index (χ0) is 19.1. The van der Waals surface area contributed by atoms with Crippen LogP contribution in [0.5, 0.6) is 0 Å². The summed E-state index contributed by atoms with van der Waals surface area (Å²) in [5, 5.41) is 0. The summed E-state index contributed by atoms with van der Waals surface area (Å²) < 4.78 is 1.01. The summed E-state index contributed by atoms with van der Waals surface area (Å²) in [6.45, 7) is 7.49. The van der Waals surface area contributed by atoms with E-state index in [1.165, 1.54) is 82.6 Å². The first-order valence-electron chi connectivity index (χ1n) is 11.1. The third-order valence-electron chi connectivity index (χ3n) is 5.71. The van der Waals surface area contributed by atoms with Crippen LogP contribution in [-0.4, -0.2) is 24.6 Å². The Morgan fingerprint density at radius 2 is 1.30 bits per heavy atom. The van der Waals surface area contributed by atoms with Crippen LogP contribution in [0.1, 0.15) is 89.5 Å². The Morgan fingerprint density at radius 1 is 0.815 bits per heavy atom. The van der Waals surface area contributed by atoms with Crippen molar-refractivity contribution in [2.45, 2.75) is 96.6 Å². The Morgan fingerprint density at radius 3 is 1.78 bits per heavy atom. The molecule has 0 saturated carbocycles. The molecule has 1 aromatic carbocycles. The van der Waals surface area contributed by atoms with Crippen LogP contribution in [-0.2, 0) is 6.54 Å². The molecule has 0 amide bonds. The van der Waals surface area contributed by atoms with Gasteiger partial charge in [0.15, 0.2) is 0 Å². The molecule has 2 heteroatoms. The van der Waals surface area contributed by atoms with Crippen molar-refractivity contribution in [3.05, 3.63) is 48.6 Å². The number of nitrogens with zero attached hydrogens (tertiary/aromatic N) is 1. The Balaban J connectivity index is 0.00000676. The van der Waals surface area contributed by atoms with E-state index in [2.05, 4.69) is 64.0 Å². The van der Waals surface area contributed by atoms with Gasteiger partial charge in [0, 0.05) is 12.0 Å². The van der Waals surface area contributed by atoms with E-state index in [1.54, 1.807) is 0 Å². The summed E-state index contributed by atoms with van der Waals surface area (Å²) in [4.78, 5) is 0. The first-order chi connectivity index (χ1) is 12.6. The number of unbranched alkanes of at least 4 members (excludes halogenated alkanes) is 10. The number of hydrogen-bond donors (Lipinski definition) is 0. The van der Waals surface area contributed by atoms with E-state index in [0.29, 0.717) is 6.04 Å². The van der Waals surface area contributed by atoms with Crippen LogP contribution >= 0.6 is 0 Å². The predicted octanol–water partition coefficient (Wildman–Crippen LogP) is 4.52. The van der Waals surface area contributed by atoms with Crippen LogP contribution in [0.25, 0.3) is 0 Å². The average molecular weight is 439 g/mol. The quantitative estimate of drug-likeness (QED) is 0.202. The van der Waals surface area contributed by atoms with Crippen molar-refractivity contribution < 1.29 is 21.5 Å². The van der Waals surface area contributed by atoms with Gasteiger partial charge < -0.3 is 21.5 Å². The molecule has 1 nitrogen and oxygen atoms in total. The highest BCUT2D eigenvalue weighted by atomic mass is 79.9. The van der Waals surface area contributed by atoms with E-state index >= 15 is 0 Å². The monoisotopic (exact) mass is 437 g/mol. The lowest BCUT2D eigenvalue weighted by Crippen LogP contribution is -3.00. The standard InChI is InChI=1S/C25H44N.BrH/c1-5-7-8-9-10-11-12-13-14-15-19-22-25(6-2)26(3,4)23-24-20-17-16-18-21-24;/h6,16-18,20-21,25H,2,5,7-15,19,22-23H2,1,3-4H3;1H/q+1;/p-1. The lowest BCUT2D eigenvalue weighted by molar-refractivity contribution is -0.921. The maximum Gasteiger partial charge on any atom is 0.107 e.